The van der Waals surface area contributed by atoms with Gasteiger partial charge < -0.3 is 5.32 Å². The summed E-state index contributed by atoms with van der Waals surface area (Å²) in [5.74, 6) is 0.536. The standard InChI is InChI=1S/C20H17ClN6OS2/c1-3-16-24-25-20-27(16)26-18(30-20)13-6-9-15(11(2)10-13)22-19(29)23-17(28)12-4-7-14(21)8-5-12/h4-10H,3H2,1-2H3,(H2,22,23,28,29). The topological polar surface area (TPSA) is 84.2 Å². The molecule has 1 amide bonds. The Hall–Kier alpha value is -2.88. The highest BCUT2D eigenvalue weighted by atomic mass is 35.5. The number of hydrogen-bond donors (Lipinski definition) is 2. The summed E-state index contributed by atoms with van der Waals surface area (Å²) >= 11 is 12.6. The van der Waals surface area contributed by atoms with E-state index in [4.69, 9.17) is 23.8 Å². The first kappa shape index (κ1) is 20.4. The zero-order chi connectivity index (χ0) is 21.3. The number of amides is 1. The molecule has 0 saturated carbocycles. The van der Waals surface area contributed by atoms with Crippen molar-refractivity contribution >= 4 is 56.8 Å². The van der Waals surface area contributed by atoms with Gasteiger partial charge in [-0.25, -0.2) is 0 Å². The van der Waals surface area contributed by atoms with Crippen LogP contribution in [-0.2, 0) is 6.42 Å². The number of anilines is 1. The van der Waals surface area contributed by atoms with E-state index in [9.17, 15) is 4.79 Å². The number of aromatic nitrogens is 4. The maximum absolute atomic E-state index is 12.3. The number of rotatable bonds is 4. The predicted octanol–water partition coefficient (Wildman–Crippen LogP) is 4.50. The quantitative estimate of drug-likeness (QED) is 0.440. The average Bonchev–Trinajstić information content (AvgIpc) is 3.30. The minimum absolute atomic E-state index is 0.220. The number of hydrogen-bond acceptors (Lipinski definition) is 6. The third kappa shape index (κ3) is 4.18. The van der Waals surface area contributed by atoms with Crippen LogP contribution in [-0.4, -0.2) is 30.8 Å². The smallest absolute Gasteiger partial charge is 0.257 e. The lowest BCUT2D eigenvalue weighted by Crippen LogP contribution is -2.34. The summed E-state index contributed by atoms with van der Waals surface area (Å²) < 4.78 is 1.78. The molecule has 30 heavy (non-hydrogen) atoms. The number of benzene rings is 2. The molecule has 4 rings (SSSR count). The van der Waals surface area contributed by atoms with Crippen LogP contribution in [0.4, 0.5) is 5.69 Å². The summed E-state index contributed by atoms with van der Waals surface area (Å²) in [5, 5.41) is 20.3. The minimum Gasteiger partial charge on any atom is -0.332 e. The lowest BCUT2D eigenvalue weighted by atomic mass is 10.1. The van der Waals surface area contributed by atoms with E-state index in [0.29, 0.717) is 10.6 Å². The molecule has 4 aromatic rings. The molecule has 0 saturated heterocycles. The van der Waals surface area contributed by atoms with Crippen molar-refractivity contribution in [1.82, 2.24) is 25.1 Å². The summed E-state index contributed by atoms with van der Waals surface area (Å²) in [7, 11) is 0. The lowest BCUT2D eigenvalue weighted by molar-refractivity contribution is 0.0977. The highest BCUT2D eigenvalue weighted by Gasteiger charge is 2.13. The largest absolute Gasteiger partial charge is 0.332 e. The minimum atomic E-state index is -0.301. The second kappa shape index (κ2) is 8.47. The molecule has 0 radical (unpaired) electrons. The van der Waals surface area contributed by atoms with Gasteiger partial charge in [-0.15, -0.1) is 10.2 Å². The van der Waals surface area contributed by atoms with Crippen molar-refractivity contribution in [3.05, 3.63) is 64.4 Å². The molecule has 10 heteroatoms. The second-order valence-corrected chi connectivity index (χ2v) is 8.32. The van der Waals surface area contributed by atoms with Crippen molar-refractivity contribution in [1.29, 1.82) is 0 Å². The van der Waals surface area contributed by atoms with Crippen LogP contribution in [0.2, 0.25) is 5.02 Å². The number of aryl methyl sites for hydroxylation is 2. The highest BCUT2D eigenvalue weighted by Crippen LogP contribution is 2.28. The molecule has 2 aromatic heterocycles. The molecular formula is C20H17ClN6OS2. The Bertz CT molecular complexity index is 1250. The maximum atomic E-state index is 12.3. The number of fused-ring (bicyclic) bond motifs is 1. The first-order valence-corrected chi connectivity index (χ1v) is 10.7. The summed E-state index contributed by atoms with van der Waals surface area (Å²) in [6, 6.07) is 12.5. The Balaban J connectivity index is 1.47. The molecule has 0 atom stereocenters. The number of nitrogens with one attached hydrogen (secondary N) is 2. The van der Waals surface area contributed by atoms with E-state index < -0.39 is 0 Å². The fourth-order valence-corrected chi connectivity index (χ4v) is 4.04. The third-order valence-corrected chi connectivity index (χ3v) is 5.83. The van der Waals surface area contributed by atoms with Gasteiger partial charge in [0.05, 0.1) is 0 Å². The molecule has 0 aliphatic heterocycles. The van der Waals surface area contributed by atoms with E-state index in [1.165, 1.54) is 11.3 Å². The molecule has 7 nitrogen and oxygen atoms in total. The van der Waals surface area contributed by atoms with Gasteiger partial charge in [0.25, 0.3) is 5.91 Å². The Kier molecular flexibility index (Phi) is 5.76. The zero-order valence-electron chi connectivity index (χ0n) is 16.1. The van der Waals surface area contributed by atoms with Gasteiger partial charge in [-0.3, -0.25) is 10.1 Å². The van der Waals surface area contributed by atoms with E-state index in [-0.39, 0.29) is 11.0 Å². The Morgan fingerprint density at radius 1 is 1.20 bits per heavy atom. The Labute approximate surface area is 187 Å². The van der Waals surface area contributed by atoms with Crippen molar-refractivity contribution in [3.8, 4) is 10.6 Å². The normalized spacial score (nSPS) is 10.9. The molecule has 0 spiro atoms. The summed E-state index contributed by atoms with van der Waals surface area (Å²) in [4.78, 5) is 13.1. The van der Waals surface area contributed by atoms with Crippen molar-refractivity contribution in [2.75, 3.05) is 5.32 Å². The second-order valence-electron chi connectivity index (χ2n) is 6.52. The molecule has 152 valence electrons. The maximum Gasteiger partial charge on any atom is 0.257 e. The van der Waals surface area contributed by atoms with Crippen LogP contribution >= 0.6 is 35.2 Å². The van der Waals surface area contributed by atoms with Gasteiger partial charge >= 0.3 is 0 Å². The molecule has 0 unspecified atom stereocenters. The van der Waals surface area contributed by atoms with Gasteiger partial charge in [0, 0.05) is 28.3 Å². The summed E-state index contributed by atoms with van der Waals surface area (Å²) in [6.45, 7) is 3.99. The number of thiocarbonyl (C=S) groups is 1. The zero-order valence-corrected chi connectivity index (χ0v) is 18.5. The van der Waals surface area contributed by atoms with Crippen LogP contribution in [0, 0.1) is 6.92 Å². The monoisotopic (exact) mass is 456 g/mol. The van der Waals surface area contributed by atoms with Gasteiger partial charge in [-0.1, -0.05) is 29.9 Å². The summed E-state index contributed by atoms with van der Waals surface area (Å²) in [6.07, 6.45) is 0.769. The van der Waals surface area contributed by atoms with E-state index in [2.05, 4.69) is 25.9 Å². The Morgan fingerprint density at radius 2 is 1.97 bits per heavy atom. The van der Waals surface area contributed by atoms with Gasteiger partial charge in [0.15, 0.2) is 10.9 Å². The highest BCUT2D eigenvalue weighted by molar-refractivity contribution is 7.80. The lowest BCUT2D eigenvalue weighted by Gasteiger charge is -2.12. The van der Waals surface area contributed by atoms with E-state index in [1.807, 2.05) is 32.0 Å². The van der Waals surface area contributed by atoms with Crippen molar-refractivity contribution in [2.24, 2.45) is 0 Å². The molecule has 0 aliphatic rings. The molecule has 2 N–H and O–H groups in total. The predicted molar refractivity (Wildman–Crippen MR) is 123 cm³/mol. The fourth-order valence-electron chi connectivity index (χ4n) is 2.86. The summed E-state index contributed by atoms with van der Waals surface area (Å²) in [5.41, 5.74) is 3.23. The van der Waals surface area contributed by atoms with E-state index in [1.54, 1.807) is 28.8 Å². The van der Waals surface area contributed by atoms with Gasteiger partial charge in [-0.2, -0.15) is 9.61 Å². The number of carbonyl (C=O) groups is 1. The average molecular weight is 457 g/mol. The van der Waals surface area contributed by atoms with Crippen LogP contribution in [0.5, 0.6) is 0 Å². The van der Waals surface area contributed by atoms with Crippen LogP contribution in [0.15, 0.2) is 42.5 Å². The third-order valence-electron chi connectivity index (χ3n) is 4.43. The number of halogens is 1. The molecule has 0 bridgehead atoms. The molecule has 0 aliphatic carbocycles. The van der Waals surface area contributed by atoms with Crippen LogP contribution in [0.1, 0.15) is 28.7 Å². The van der Waals surface area contributed by atoms with Gasteiger partial charge in [0.2, 0.25) is 4.96 Å². The van der Waals surface area contributed by atoms with Crippen LogP contribution in [0.3, 0.4) is 0 Å². The molecular weight excluding hydrogens is 440 g/mol. The van der Waals surface area contributed by atoms with E-state index >= 15 is 0 Å². The van der Waals surface area contributed by atoms with Crippen molar-refractivity contribution in [3.63, 3.8) is 0 Å². The van der Waals surface area contributed by atoms with Crippen LogP contribution in [0.25, 0.3) is 15.5 Å². The molecule has 2 aromatic carbocycles. The van der Waals surface area contributed by atoms with Crippen molar-refractivity contribution in [2.45, 2.75) is 20.3 Å². The molecule has 0 fully saturated rings. The SMILES string of the molecule is CCc1nnc2sc(-c3ccc(NC(=S)NC(=O)c4ccc(Cl)cc4)c(C)c3)nn12. The first-order chi connectivity index (χ1) is 14.4. The molecule has 2 heterocycles. The Morgan fingerprint density at radius 3 is 2.67 bits per heavy atom. The fraction of sp³-hybridized carbons (Fsp3) is 0.150. The first-order valence-electron chi connectivity index (χ1n) is 9.14. The van der Waals surface area contributed by atoms with E-state index in [0.717, 1.165) is 39.0 Å². The van der Waals surface area contributed by atoms with Gasteiger partial charge in [-0.05, 0) is 67.2 Å². The van der Waals surface area contributed by atoms with Gasteiger partial charge in [0.1, 0.15) is 5.01 Å². The number of carbonyl (C=O) groups excluding carboxylic acids is 1. The number of nitrogens with zero attached hydrogens (tertiary/aromatic N) is 4. The van der Waals surface area contributed by atoms with Crippen molar-refractivity contribution < 1.29 is 4.79 Å². The van der Waals surface area contributed by atoms with Crippen LogP contribution < -0.4 is 10.6 Å².